The van der Waals surface area contributed by atoms with E-state index in [9.17, 15) is 9.50 Å². The zero-order valence-electron chi connectivity index (χ0n) is 15.8. The second-order valence-corrected chi connectivity index (χ2v) is 6.72. The summed E-state index contributed by atoms with van der Waals surface area (Å²) in [5, 5.41) is 17.6. The van der Waals surface area contributed by atoms with Crippen molar-refractivity contribution in [1.29, 1.82) is 0 Å². The van der Waals surface area contributed by atoms with Crippen LogP contribution in [-0.4, -0.2) is 34.4 Å². The number of aromatic nitrogens is 6. The molecule has 0 aliphatic carbocycles. The lowest BCUT2D eigenvalue weighted by atomic mass is 10.1. The van der Waals surface area contributed by atoms with Crippen molar-refractivity contribution in [3.63, 3.8) is 0 Å². The summed E-state index contributed by atoms with van der Waals surface area (Å²) < 4.78 is 17.8. The lowest BCUT2D eigenvalue weighted by molar-refractivity contribution is 0.188. The average Bonchev–Trinajstić information content (AvgIpc) is 3.31. The second kappa shape index (κ2) is 7.51. The van der Waals surface area contributed by atoms with E-state index in [2.05, 4.69) is 32.3 Å². The quantitative estimate of drug-likeness (QED) is 0.679. The van der Waals surface area contributed by atoms with Gasteiger partial charge in [-0.05, 0) is 25.5 Å². The van der Waals surface area contributed by atoms with Gasteiger partial charge < -0.3 is 15.0 Å². The van der Waals surface area contributed by atoms with Crippen molar-refractivity contribution in [3.8, 4) is 11.5 Å². The molecule has 8 nitrogen and oxygen atoms in total. The Morgan fingerprint density at radius 2 is 2.14 bits per heavy atom. The summed E-state index contributed by atoms with van der Waals surface area (Å²) >= 11 is 0. The Balaban J connectivity index is 1.73. The molecular weight excluding hydrogens is 361 g/mol. The number of fused-ring (bicyclic) bond motifs is 1. The third-order valence-electron chi connectivity index (χ3n) is 4.65. The summed E-state index contributed by atoms with van der Waals surface area (Å²) in [5.41, 5.74) is 2.24. The number of imidazole rings is 1. The van der Waals surface area contributed by atoms with Crippen molar-refractivity contribution in [2.45, 2.75) is 46.0 Å². The van der Waals surface area contributed by atoms with Gasteiger partial charge in [-0.1, -0.05) is 13.3 Å². The van der Waals surface area contributed by atoms with E-state index in [1.165, 1.54) is 6.07 Å². The lowest BCUT2D eigenvalue weighted by Crippen LogP contribution is -2.29. The van der Waals surface area contributed by atoms with Crippen LogP contribution in [0.1, 0.15) is 44.4 Å². The molecule has 0 saturated heterocycles. The molecule has 2 N–H and O–H groups in total. The minimum Gasteiger partial charge on any atom is -0.385 e. The Labute approximate surface area is 161 Å². The van der Waals surface area contributed by atoms with Gasteiger partial charge in [-0.3, -0.25) is 0 Å². The van der Waals surface area contributed by atoms with Gasteiger partial charge in [0.15, 0.2) is 23.3 Å². The molecule has 4 heterocycles. The van der Waals surface area contributed by atoms with Gasteiger partial charge in [0.2, 0.25) is 0 Å². The van der Waals surface area contributed by atoms with Crippen LogP contribution in [0.15, 0.2) is 36.4 Å². The molecule has 146 valence electrons. The zero-order valence-corrected chi connectivity index (χ0v) is 15.8. The van der Waals surface area contributed by atoms with Crippen molar-refractivity contribution < 1.29 is 9.50 Å². The summed E-state index contributed by atoms with van der Waals surface area (Å²) in [5.74, 6) is 1.23. The van der Waals surface area contributed by atoms with Crippen molar-refractivity contribution in [3.05, 3.63) is 53.9 Å². The number of nitrogens with one attached hydrogen (secondary N) is 1. The summed E-state index contributed by atoms with van der Waals surface area (Å²) in [6.45, 7) is 4.69. The number of allylic oxidation sites excluding steroid dienone is 2. The molecule has 4 rings (SSSR count). The first-order valence-electron chi connectivity index (χ1n) is 9.29. The van der Waals surface area contributed by atoms with Gasteiger partial charge in [-0.2, -0.15) is 5.10 Å². The van der Waals surface area contributed by atoms with Crippen LogP contribution in [0.4, 0.5) is 4.39 Å². The predicted molar refractivity (Wildman–Crippen MR) is 101 cm³/mol. The Bertz CT molecular complexity index is 1020. The number of nitrogens with zero attached hydrogens (tertiary/aromatic N) is 6. The van der Waals surface area contributed by atoms with Crippen LogP contribution >= 0.6 is 0 Å². The van der Waals surface area contributed by atoms with E-state index in [-0.39, 0.29) is 5.69 Å². The molecule has 0 radical (unpaired) electrons. The molecule has 1 unspecified atom stereocenters. The smallest absolute Gasteiger partial charge is 0.179 e. The minimum atomic E-state index is -0.725. The van der Waals surface area contributed by atoms with Gasteiger partial charge in [0.1, 0.15) is 18.5 Å². The Hall–Kier alpha value is -3.07. The average molecular weight is 383 g/mol. The topological polar surface area (TPSA) is 93.7 Å². The fourth-order valence-corrected chi connectivity index (χ4v) is 3.32. The first kappa shape index (κ1) is 18.3. The normalized spacial score (nSPS) is 14.7. The molecule has 0 bridgehead atoms. The number of halogens is 1. The number of aliphatic hydroxyl groups is 1. The highest BCUT2D eigenvalue weighted by molar-refractivity contribution is 5.64. The first-order valence-corrected chi connectivity index (χ1v) is 9.29. The van der Waals surface area contributed by atoms with Crippen molar-refractivity contribution in [1.82, 2.24) is 34.6 Å². The Morgan fingerprint density at radius 3 is 2.89 bits per heavy atom. The maximum absolute atomic E-state index is 14.2. The third-order valence-corrected chi connectivity index (χ3v) is 4.65. The third kappa shape index (κ3) is 3.29. The summed E-state index contributed by atoms with van der Waals surface area (Å²) in [4.78, 5) is 13.0. The van der Waals surface area contributed by atoms with E-state index in [0.717, 1.165) is 29.9 Å². The fraction of sp³-hybridized carbons (Fsp3) is 0.368. The largest absolute Gasteiger partial charge is 0.385 e. The Kier molecular flexibility index (Phi) is 4.91. The van der Waals surface area contributed by atoms with Crippen LogP contribution in [-0.2, 0) is 13.2 Å². The number of rotatable bonds is 6. The van der Waals surface area contributed by atoms with E-state index in [0.29, 0.717) is 24.9 Å². The molecule has 9 heteroatoms. The van der Waals surface area contributed by atoms with Crippen LogP contribution < -0.4 is 5.32 Å². The van der Waals surface area contributed by atoms with Crippen LogP contribution in [0.3, 0.4) is 0 Å². The highest BCUT2D eigenvalue weighted by Crippen LogP contribution is 2.28. The predicted octanol–water partition coefficient (Wildman–Crippen LogP) is 2.50. The van der Waals surface area contributed by atoms with Crippen molar-refractivity contribution >= 4 is 5.57 Å². The molecular formula is C19H22FN7O. The van der Waals surface area contributed by atoms with Gasteiger partial charge in [-0.15, -0.1) is 0 Å². The first-order chi connectivity index (χ1) is 13.6. The van der Waals surface area contributed by atoms with E-state index in [1.54, 1.807) is 30.1 Å². The number of hydrogen-bond acceptors (Lipinski definition) is 6. The molecule has 3 aromatic rings. The molecule has 1 atom stereocenters. The molecule has 0 fully saturated rings. The molecule has 28 heavy (non-hydrogen) atoms. The molecule has 3 aromatic heterocycles. The number of pyridine rings is 1. The molecule has 1 aliphatic rings. The number of hydrogen-bond donors (Lipinski definition) is 2. The zero-order chi connectivity index (χ0) is 19.7. The van der Waals surface area contributed by atoms with E-state index >= 15 is 0 Å². The molecule has 0 amide bonds. The number of aliphatic hydroxyl groups excluding tert-OH is 1. The highest BCUT2D eigenvalue weighted by Gasteiger charge is 2.24. The Morgan fingerprint density at radius 1 is 1.29 bits per heavy atom. The van der Waals surface area contributed by atoms with Gasteiger partial charge in [0, 0.05) is 29.9 Å². The summed E-state index contributed by atoms with van der Waals surface area (Å²) in [6, 6.07) is 2.94. The monoisotopic (exact) mass is 383 g/mol. The van der Waals surface area contributed by atoms with Crippen LogP contribution in [0.5, 0.6) is 0 Å². The van der Waals surface area contributed by atoms with Gasteiger partial charge in [0.05, 0.1) is 6.54 Å². The van der Waals surface area contributed by atoms with Crippen molar-refractivity contribution in [2.75, 3.05) is 0 Å². The van der Waals surface area contributed by atoms with E-state index in [1.807, 2.05) is 10.8 Å². The van der Waals surface area contributed by atoms with Crippen LogP contribution in [0, 0.1) is 5.82 Å². The molecule has 0 saturated carbocycles. The van der Waals surface area contributed by atoms with E-state index < -0.39 is 11.9 Å². The van der Waals surface area contributed by atoms with Crippen molar-refractivity contribution in [2.24, 2.45) is 0 Å². The summed E-state index contributed by atoms with van der Waals surface area (Å²) in [6.07, 6.45) is 6.02. The second-order valence-electron chi connectivity index (χ2n) is 6.72. The fourth-order valence-electron chi connectivity index (χ4n) is 3.32. The molecule has 0 aromatic carbocycles. The highest BCUT2D eigenvalue weighted by atomic mass is 19.1. The van der Waals surface area contributed by atoms with Crippen LogP contribution in [0.2, 0.25) is 0 Å². The maximum atomic E-state index is 14.2. The van der Waals surface area contributed by atoms with Gasteiger partial charge >= 0.3 is 0 Å². The maximum Gasteiger partial charge on any atom is 0.179 e. The summed E-state index contributed by atoms with van der Waals surface area (Å²) in [7, 11) is 0. The van der Waals surface area contributed by atoms with Gasteiger partial charge in [0.25, 0.3) is 0 Å². The van der Waals surface area contributed by atoms with Gasteiger partial charge in [-0.25, -0.2) is 24.0 Å². The minimum absolute atomic E-state index is 0.223. The molecule has 1 aliphatic heterocycles. The van der Waals surface area contributed by atoms with E-state index in [4.69, 9.17) is 0 Å². The molecule has 0 spiro atoms. The SMILES string of the molecule is CCCC1=C(Cn2ccnc2-c2ncccc2F)NCn2nc(C(C)O)nc21. The standard InChI is InChI=1S/C19H22FN7O/c1-3-5-13-15(23-11-27-18(13)24-17(25-27)12(2)28)10-26-9-8-22-19(26)16-14(20)6-4-7-21-16/h4,6-9,12,23,28H,3,5,10-11H2,1-2H3. The lowest BCUT2D eigenvalue weighted by Gasteiger charge is -2.23. The van der Waals surface area contributed by atoms with Crippen LogP contribution in [0.25, 0.3) is 17.1 Å².